The third-order valence-corrected chi connectivity index (χ3v) is 4.28. The largest absolute Gasteiger partial charge is 0.504 e. The number of phenols is 1. The molecule has 4 nitrogen and oxygen atoms in total. The van der Waals surface area contributed by atoms with Gasteiger partial charge in [0, 0.05) is 11.8 Å². The molecule has 1 aromatic heterocycles. The van der Waals surface area contributed by atoms with Gasteiger partial charge in [-0.2, -0.15) is 0 Å². The molecule has 0 atom stereocenters. The van der Waals surface area contributed by atoms with Gasteiger partial charge >= 0.3 is 0 Å². The number of nitrogens with zero attached hydrogens (tertiary/aromatic N) is 2. The summed E-state index contributed by atoms with van der Waals surface area (Å²) in [6.07, 6.45) is 1.60. The smallest absolute Gasteiger partial charge is 0.210 e. The highest BCUT2D eigenvalue weighted by Crippen LogP contribution is 2.32. The molecule has 0 bridgehead atoms. The van der Waals surface area contributed by atoms with E-state index in [1.165, 1.54) is 24.0 Å². The van der Waals surface area contributed by atoms with E-state index < -0.39 is 0 Å². The molecule has 0 aliphatic heterocycles. The highest BCUT2D eigenvalue weighted by molar-refractivity contribution is 7.22. The Kier molecular flexibility index (Phi) is 3.58. The number of phenolic OH excluding ortho intramolecular Hbond substituents is 1. The van der Waals surface area contributed by atoms with E-state index in [0.29, 0.717) is 16.4 Å². The second-order valence-corrected chi connectivity index (χ2v) is 5.55. The lowest BCUT2D eigenvalue weighted by Crippen LogP contribution is -1.87. The molecule has 0 saturated heterocycles. The second-order valence-electron chi connectivity index (χ2n) is 4.58. The molecule has 1 heterocycles. The van der Waals surface area contributed by atoms with E-state index in [1.807, 2.05) is 18.2 Å². The molecule has 0 aliphatic carbocycles. The first kappa shape index (κ1) is 13.6. The Balaban J connectivity index is 1.96. The zero-order chi connectivity index (χ0) is 14.8. The molecule has 0 spiro atoms. The number of fused-ring (bicyclic) bond motifs is 1. The van der Waals surface area contributed by atoms with Crippen LogP contribution in [0.4, 0.5) is 5.13 Å². The Hall–Kier alpha value is -2.40. The molecular formula is C16H14N2O2S. The summed E-state index contributed by atoms with van der Waals surface area (Å²) in [5.41, 5.74) is 2.74. The van der Waals surface area contributed by atoms with Crippen LogP contribution in [0, 0.1) is 6.92 Å². The first-order valence-electron chi connectivity index (χ1n) is 6.45. The fourth-order valence-electron chi connectivity index (χ4n) is 2.06. The maximum absolute atomic E-state index is 10.0. The zero-order valence-electron chi connectivity index (χ0n) is 11.7. The zero-order valence-corrected chi connectivity index (χ0v) is 12.5. The lowest BCUT2D eigenvalue weighted by Gasteiger charge is -2.04. The van der Waals surface area contributed by atoms with Gasteiger partial charge in [0.15, 0.2) is 11.5 Å². The van der Waals surface area contributed by atoms with Gasteiger partial charge < -0.3 is 9.84 Å². The summed E-state index contributed by atoms with van der Waals surface area (Å²) in [7, 11) is 1.52. The monoisotopic (exact) mass is 298 g/mol. The van der Waals surface area contributed by atoms with Crippen molar-refractivity contribution in [1.82, 2.24) is 4.98 Å². The number of thiazole rings is 1. The topological polar surface area (TPSA) is 54.7 Å². The van der Waals surface area contributed by atoms with Gasteiger partial charge in [0.05, 0.1) is 17.3 Å². The normalized spacial score (nSPS) is 11.3. The van der Waals surface area contributed by atoms with Crippen molar-refractivity contribution in [1.29, 1.82) is 0 Å². The van der Waals surface area contributed by atoms with Crippen LogP contribution >= 0.6 is 11.3 Å². The van der Waals surface area contributed by atoms with Crippen LogP contribution < -0.4 is 4.74 Å². The van der Waals surface area contributed by atoms with Crippen molar-refractivity contribution in [3.63, 3.8) is 0 Å². The average Bonchev–Trinajstić information content (AvgIpc) is 2.91. The van der Waals surface area contributed by atoms with Crippen LogP contribution in [0.15, 0.2) is 41.4 Å². The van der Waals surface area contributed by atoms with Crippen LogP contribution in [-0.4, -0.2) is 23.4 Å². The molecule has 0 saturated carbocycles. The lowest BCUT2D eigenvalue weighted by atomic mass is 10.2. The van der Waals surface area contributed by atoms with Crippen LogP contribution in [0.1, 0.15) is 11.1 Å². The number of aliphatic imine (C=N–C) groups is 1. The van der Waals surface area contributed by atoms with Crippen molar-refractivity contribution < 1.29 is 9.84 Å². The van der Waals surface area contributed by atoms with Gasteiger partial charge in [0.1, 0.15) is 0 Å². The van der Waals surface area contributed by atoms with Gasteiger partial charge in [0.25, 0.3) is 0 Å². The number of ether oxygens (including phenoxy) is 1. The van der Waals surface area contributed by atoms with Crippen LogP contribution in [0.25, 0.3) is 10.2 Å². The first-order valence-corrected chi connectivity index (χ1v) is 7.27. The standard InChI is InChI=1S/C16H14N2O2S/c1-10-5-3-7-12-15(10)21-16(18-12)17-9-11-6-4-8-13(20-2)14(11)19/h3-9,19H,1-2H3/b17-9+. The Morgan fingerprint density at radius 3 is 2.81 bits per heavy atom. The SMILES string of the molecule is COc1cccc(/C=N/c2nc3cccc(C)c3s2)c1O. The molecular weight excluding hydrogens is 284 g/mol. The molecule has 21 heavy (non-hydrogen) atoms. The molecule has 3 rings (SSSR count). The van der Waals surface area contributed by atoms with Gasteiger partial charge in [0.2, 0.25) is 5.13 Å². The van der Waals surface area contributed by atoms with Gasteiger partial charge in [-0.3, -0.25) is 0 Å². The van der Waals surface area contributed by atoms with Crippen molar-refractivity contribution in [2.45, 2.75) is 6.92 Å². The molecule has 0 aliphatic rings. The molecule has 0 fully saturated rings. The van der Waals surface area contributed by atoms with E-state index in [1.54, 1.807) is 18.3 Å². The van der Waals surface area contributed by atoms with Gasteiger partial charge in [-0.1, -0.05) is 29.5 Å². The molecule has 0 amide bonds. The molecule has 106 valence electrons. The summed E-state index contributed by atoms with van der Waals surface area (Å²) in [6.45, 7) is 2.06. The van der Waals surface area contributed by atoms with Crippen LogP contribution in [0.3, 0.4) is 0 Å². The van der Waals surface area contributed by atoms with E-state index in [2.05, 4.69) is 23.0 Å². The molecule has 0 unspecified atom stereocenters. The Bertz CT molecular complexity index is 824. The maximum atomic E-state index is 10.0. The summed E-state index contributed by atoms with van der Waals surface area (Å²) in [4.78, 5) is 8.83. The van der Waals surface area contributed by atoms with E-state index in [0.717, 1.165) is 10.2 Å². The summed E-state index contributed by atoms with van der Waals surface area (Å²) in [5, 5.41) is 10.7. The van der Waals surface area contributed by atoms with Crippen molar-refractivity contribution in [3.8, 4) is 11.5 Å². The number of hydrogen-bond donors (Lipinski definition) is 1. The minimum Gasteiger partial charge on any atom is -0.504 e. The first-order chi connectivity index (χ1) is 10.2. The highest BCUT2D eigenvalue weighted by atomic mass is 32.1. The van der Waals surface area contributed by atoms with E-state index in [9.17, 15) is 5.11 Å². The van der Waals surface area contributed by atoms with Crippen LogP contribution in [-0.2, 0) is 0 Å². The molecule has 1 N–H and O–H groups in total. The number of aromatic hydroxyl groups is 1. The summed E-state index contributed by atoms with van der Waals surface area (Å²) in [6, 6.07) is 11.3. The quantitative estimate of drug-likeness (QED) is 0.742. The molecule has 0 radical (unpaired) electrons. The third kappa shape index (κ3) is 2.60. The minimum absolute atomic E-state index is 0.0843. The van der Waals surface area contributed by atoms with Crippen molar-refractivity contribution in [3.05, 3.63) is 47.5 Å². The predicted molar refractivity (Wildman–Crippen MR) is 86.3 cm³/mol. The Labute approximate surface area is 126 Å². The average molecular weight is 298 g/mol. The summed E-state index contributed by atoms with van der Waals surface area (Å²) in [5.74, 6) is 0.514. The number of aryl methyl sites for hydroxylation is 1. The van der Waals surface area contributed by atoms with E-state index in [-0.39, 0.29) is 5.75 Å². The van der Waals surface area contributed by atoms with Crippen molar-refractivity contribution >= 4 is 32.9 Å². The lowest BCUT2D eigenvalue weighted by molar-refractivity contribution is 0.373. The number of rotatable bonds is 3. The van der Waals surface area contributed by atoms with Crippen molar-refractivity contribution in [2.24, 2.45) is 4.99 Å². The van der Waals surface area contributed by atoms with Gasteiger partial charge in [-0.25, -0.2) is 9.98 Å². The summed E-state index contributed by atoms with van der Waals surface area (Å²) >= 11 is 1.54. The fourth-order valence-corrected chi connectivity index (χ4v) is 2.94. The van der Waals surface area contributed by atoms with Gasteiger partial charge in [-0.15, -0.1) is 0 Å². The third-order valence-electron chi connectivity index (χ3n) is 3.16. The van der Waals surface area contributed by atoms with Crippen molar-refractivity contribution in [2.75, 3.05) is 7.11 Å². The fraction of sp³-hybridized carbons (Fsp3) is 0.125. The molecule has 5 heteroatoms. The van der Waals surface area contributed by atoms with Crippen LogP contribution in [0.5, 0.6) is 11.5 Å². The summed E-state index contributed by atoms with van der Waals surface area (Å²) < 4.78 is 6.22. The number of benzene rings is 2. The Morgan fingerprint density at radius 1 is 1.24 bits per heavy atom. The number of para-hydroxylation sites is 1. The van der Waals surface area contributed by atoms with Crippen LogP contribution in [0.2, 0.25) is 0 Å². The Morgan fingerprint density at radius 2 is 2.05 bits per heavy atom. The highest BCUT2D eigenvalue weighted by Gasteiger charge is 2.07. The molecule has 2 aromatic carbocycles. The number of hydrogen-bond acceptors (Lipinski definition) is 5. The minimum atomic E-state index is 0.0843. The van der Waals surface area contributed by atoms with E-state index in [4.69, 9.17) is 4.74 Å². The van der Waals surface area contributed by atoms with Gasteiger partial charge in [-0.05, 0) is 30.7 Å². The number of methoxy groups -OCH3 is 1. The van der Waals surface area contributed by atoms with E-state index >= 15 is 0 Å². The predicted octanol–water partition coefficient (Wildman–Crippen LogP) is 4.07. The second kappa shape index (κ2) is 5.54. The maximum Gasteiger partial charge on any atom is 0.210 e. The molecule has 3 aromatic rings. The number of aromatic nitrogens is 1.